The van der Waals surface area contributed by atoms with Crippen molar-refractivity contribution in [3.8, 4) is 6.07 Å². The zero-order valence-electron chi connectivity index (χ0n) is 13.0. The molecule has 1 atom stereocenters. The van der Waals surface area contributed by atoms with Crippen LogP contribution in [0.5, 0.6) is 0 Å². The molecule has 0 amide bonds. The van der Waals surface area contributed by atoms with E-state index in [1.54, 1.807) is 17.0 Å². The number of rotatable bonds is 4. The molecule has 24 heavy (non-hydrogen) atoms. The monoisotopic (exact) mass is 326 g/mol. The first-order chi connectivity index (χ1) is 11.5. The van der Waals surface area contributed by atoms with Crippen molar-refractivity contribution in [2.24, 2.45) is 16.1 Å². The molecular weight excluding hydrogens is 310 g/mol. The molecule has 6 heteroatoms. The van der Waals surface area contributed by atoms with E-state index >= 15 is 0 Å². The van der Waals surface area contributed by atoms with Gasteiger partial charge in [0.05, 0.1) is 11.6 Å². The van der Waals surface area contributed by atoms with Crippen molar-refractivity contribution in [2.45, 2.75) is 18.8 Å². The molecule has 1 aliphatic heterocycles. The molecule has 1 aromatic rings. The molecule has 0 N–H and O–H groups in total. The highest BCUT2D eigenvalue weighted by Gasteiger charge is 2.57. The van der Waals surface area contributed by atoms with E-state index < -0.39 is 11.8 Å². The summed E-state index contributed by atoms with van der Waals surface area (Å²) >= 11 is 0. The molecule has 3 rings (SSSR count). The first kappa shape index (κ1) is 16.1. The average molecular weight is 326 g/mol. The molecule has 0 aromatic heterocycles. The summed E-state index contributed by atoms with van der Waals surface area (Å²) in [5, 5.41) is 16.3. The van der Waals surface area contributed by atoms with Crippen LogP contribution in [0.4, 0.5) is 8.78 Å². The van der Waals surface area contributed by atoms with Gasteiger partial charge in [-0.1, -0.05) is 18.2 Å². The van der Waals surface area contributed by atoms with Crippen molar-refractivity contribution < 1.29 is 8.78 Å². The summed E-state index contributed by atoms with van der Waals surface area (Å²) in [7, 11) is 0. The van der Waals surface area contributed by atoms with E-state index in [4.69, 9.17) is 5.26 Å². The van der Waals surface area contributed by atoms with Crippen LogP contribution in [0.1, 0.15) is 24.0 Å². The van der Waals surface area contributed by atoms with Crippen molar-refractivity contribution in [2.75, 3.05) is 6.54 Å². The normalized spacial score (nSPS) is 21.9. The fraction of sp³-hybridized carbons (Fsp3) is 0.278. The number of benzene rings is 1. The predicted octanol–water partition coefficient (Wildman–Crippen LogP) is 3.83. The number of allylic oxidation sites excluding steroid dienone is 2. The summed E-state index contributed by atoms with van der Waals surface area (Å²) in [6.45, 7) is 3.85. The number of nitriles is 1. The lowest BCUT2D eigenvalue weighted by Gasteiger charge is -2.23. The van der Waals surface area contributed by atoms with Crippen molar-refractivity contribution >= 4 is 18.1 Å². The van der Waals surface area contributed by atoms with Gasteiger partial charge in [-0.25, -0.2) is 8.78 Å². The summed E-state index contributed by atoms with van der Waals surface area (Å²) in [6, 6.07) is 9.38. The molecule has 122 valence electrons. The molecule has 1 aromatic carbocycles. The minimum Gasteiger partial charge on any atom is -0.331 e. The summed E-state index contributed by atoms with van der Waals surface area (Å²) < 4.78 is 26.3. The Labute approximate surface area is 139 Å². The van der Waals surface area contributed by atoms with E-state index in [2.05, 4.69) is 23.0 Å². The van der Waals surface area contributed by atoms with Crippen LogP contribution in [0.3, 0.4) is 0 Å². The van der Waals surface area contributed by atoms with E-state index in [1.807, 2.05) is 30.5 Å². The summed E-state index contributed by atoms with van der Waals surface area (Å²) in [6.07, 6.45) is 5.81. The van der Waals surface area contributed by atoms with Gasteiger partial charge in [-0.15, -0.1) is 5.10 Å². The van der Waals surface area contributed by atoms with Crippen LogP contribution in [-0.4, -0.2) is 29.9 Å². The molecule has 1 heterocycles. The van der Waals surface area contributed by atoms with E-state index in [1.165, 1.54) is 0 Å². The Morgan fingerprint density at radius 1 is 1.38 bits per heavy atom. The third-order valence-corrected chi connectivity index (χ3v) is 4.19. The molecule has 1 saturated carbocycles. The van der Waals surface area contributed by atoms with Crippen LogP contribution in [0, 0.1) is 17.2 Å². The molecule has 2 aliphatic rings. The topological polar surface area (TPSA) is 51.8 Å². The molecule has 0 radical (unpaired) electrons. The van der Waals surface area contributed by atoms with Gasteiger partial charge in [0, 0.05) is 38.2 Å². The van der Waals surface area contributed by atoms with Gasteiger partial charge >= 0.3 is 0 Å². The van der Waals surface area contributed by atoms with E-state index in [-0.39, 0.29) is 12.8 Å². The molecule has 1 aliphatic carbocycles. The Hall–Kier alpha value is -2.81. The van der Waals surface area contributed by atoms with E-state index in [9.17, 15) is 8.78 Å². The molecule has 0 saturated heterocycles. The zero-order valence-corrected chi connectivity index (χ0v) is 13.0. The Morgan fingerprint density at radius 2 is 2.08 bits per heavy atom. The molecular formula is C18H16F2N4. The van der Waals surface area contributed by atoms with E-state index in [0.717, 1.165) is 11.1 Å². The van der Waals surface area contributed by atoms with Crippen LogP contribution in [0.15, 0.2) is 52.8 Å². The van der Waals surface area contributed by atoms with Gasteiger partial charge in [0.25, 0.3) is 5.92 Å². The lowest BCUT2D eigenvalue weighted by Crippen LogP contribution is -2.28. The quantitative estimate of drug-likeness (QED) is 0.480. The molecule has 0 bridgehead atoms. The van der Waals surface area contributed by atoms with Crippen LogP contribution in [0.25, 0.3) is 5.57 Å². The zero-order chi connectivity index (χ0) is 17.2. The first-order valence-corrected chi connectivity index (χ1v) is 7.59. The standard InChI is InChI=1S/C18H16F2N4/c1-22-23-17(10-16-11-18(16,19)20)24-8-6-15(7-9-24)14-4-2-13(12-21)3-5-14/h2-8,16H,1,9-11H2/b23-17-. The maximum Gasteiger partial charge on any atom is 0.252 e. The third kappa shape index (κ3) is 3.40. The lowest BCUT2D eigenvalue weighted by atomic mass is 10.0. The van der Waals surface area contributed by atoms with Crippen molar-refractivity contribution in [3.05, 3.63) is 53.7 Å². The number of alkyl halides is 2. The minimum atomic E-state index is -2.58. The van der Waals surface area contributed by atoms with E-state index in [0.29, 0.717) is 17.9 Å². The number of halogens is 2. The number of hydrogen-bond acceptors (Lipinski definition) is 3. The first-order valence-electron chi connectivity index (χ1n) is 7.59. The maximum absolute atomic E-state index is 13.1. The highest BCUT2D eigenvalue weighted by atomic mass is 19.3. The fourth-order valence-electron chi connectivity index (χ4n) is 2.65. The van der Waals surface area contributed by atoms with Crippen LogP contribution < -0.4 is 0 Å². The van der Waals surface area contributed by atoms with Crippen LogP contribution in [-0.2, 0) is 0 Å². The van der Waals surface area contributed by atoms with Crippen LogP contribution >= 0.6 is 0 Å². The van der Waals surface area contributed by atoms with Gasteiger partial charge < -0.3 is 4.90 Å². The van der Waals surface area contributed by atoms with Crippen LogP contribution in [0.2, 0.25) is 0 Å². The summed E-state index contributed by atoms with van der Waals surface area (Å²) in [5.41, 5.74) is 2.62. The Bertz CT molecular complexity index is 769. The Morgan fingerprint density at radius 3 is 2.58 bits per heavy atom. The van der Waals surface area contributed by atoms with Gasteiger partial charge in [0.1, 0.15) is 5.84 Å². The minimum absolute atomic E-state index is 0.0902. The second kappa shape index (κ2) is 6.36. The van der Waals surface area contributed by atoms with Gasteiger partial charge in [-0.3, -0.25) is 0 Å². The Balaban J connectivity index is 1.69. The van der Waals surface area contributed by atoms with Gasteiger partial charge in [0.2, 0.25) is 0 Å². The lowest BCUT2D eigenvalue weighted by molar-refractivity contribution is 0.0998. The third-order valence-electron chi connectivity index (χ3n) is 4.19. The Kier molecular flexibility index (Phi) is 4.26. The highest BCUT2D eigenvalue weighted by Crippen LogP contribution is 2.51. The van der Waals surface area contributed by atoms with Crippen molar-refractivity contribution in [1.82, 2.24) is 4.90 Å². The average Bonchev–Trinajstić information content (AvgIpc) is 3.21. The van der Waals surface area contributed by atoms with Crippen molar-refractivity contribution in [1.29, 1.82) is 5.26 Å². The predicted molar refractivity (Wildman–Crippen MR) is 89.6 cm³/mol. The number of nitrogens with zero attached hydrogens (tertiary/aromatic N) is 4. The van der Waals surface area contributed by atoms with Gasteiger partial charge in [-0.05, 0) is 29.3 Å². The second-order valence-electron chi connectivity index (χ2n) is 5.84. The molecule has 0 spiro atoms. The second-order valence-corrected chi connectivity index (χ2v) is 5.84. The van der Waals surface area contributed by atoms with Gasteiger partial charge in [0.15, 0.2) is 0 Å². The maximum atomic E-state index is 13.1. The molecule has 4 nitrogen and oxygen atoms in total. The van der Waals surface area contributed by atoms with Gasteiger partial charge in [-0.2, -0.15) is 10.4 Å². The summed E-state index contributed by atoms with van der Waals surface area (Å²) in [4.78, 5) is 1.80. The molecule has 1 fully saturated rings. The number of hydrogen-bond donors (Lipinski definition) is 0. The van der Waals surface area contributed by atoms with Crippen molar-refractivity contribution in [3.63, 3.8) is 0 Å². The fourth-order valence-corrected chi connectivity index (χ4v) is 2.65. The summed E-state index contributed by atoms with van der Waals surface area (Å²) in [5.74, 6) is -2.74. The smallest absolute Gasteiger partial charge is 0.252 e. The highest BCUT2D eigenvalue weighted by molar-refractivity contribution is 5.86. The SMILES string of the molecule is C=N/N=C(/CC1CC1(F)F)N1C=CC(c2ccc(C#N)cc2)=CC1. The number of amidine groups is 1. The molecule has 1 unspecified atom stereocenters. The largest absolute Gasteiger partial charge is 0.331 e.